The van der Waals surface area contributed by atoms with Gasteiger partial charge in [0.2, 0.25) is 0 Å². The van der Waals surface area contributed by atoms with Gasteiger partial charge in [-0.05, 0) is 95.7 Å². The van der Waals surface area contributed by atoms with Crippen molar-refractivity contribution in [2.75, 3.05) is 0 Å². The van der Waals surface area contributed by atoms with Gasteiger partial charge in [-0.25, -0.2) is 4.98 Å². The molecule has 1 aliphatic heterocycles. The number of fused-ring (bicyclic) bond motifs is 4. The van der Waals surface area contributed by atoms with Gasteiger partial charge in [-0.1, -0.05) is 141 Å². The third-order valence-corrected chi connectivity index (χ3v) is 12.6. The Morgan fingerprint density at radius 3 is 2.03 bits per heavy atom. The summed E-state index contributed by atoms with van der Waals surface area (Å²) in [6.07, 6.45) is 5.23. The monoisotopic (exact) mass is 1070 g/mol. The van der Waals surface area contributed by atoms with E-state index in [9.17, 15) is 0 Å². The number of benzene rings is 7. The summed E-state index contributed by atoms with van der Waals surface area (Å²) in [4.78, 5) is 4.88. The standard InChI is InChI=1S/C58H49BN4O3.Pt/c1-56(2,3)41-32-33-60-54(34-41)63-50-31-28-42(59-65-57(4,5)58(6,7)66-59)35-49(50)48-30-29-45(37-53(48)63)64-44-23-16-22-43(36-44)61-38-62(52-27-15-14-26-51(52)61)55-46(39-18-10-8-11-19-39)24-17-25-47(55)40-20-12-9-13-21-40;/h8-35H,1-7H3;/q-2;/i8D,9D,10D,11D,12D,13D,18D,19D,20D,21D;. The Morgan fingerprint density at radius 1 is 0.687 bits per heavy atom. The van der Waals surface area contributed by atoms with Gasteiger partial charge < -0.3 is 23.2 Å². The Morgan fingerprint density at radius 2 is 1.34 bits per heavy atom. The molecular formula is C58H49BN4O3Pt-2. The molecule has 0 spiro atoms. The van der Waals surface area contributed by atoms with Crippen LogP contribution >= 0.6 is 0 Å². The van der Waals surface area contributed by atoms with E-state index in [1.54, 1.807) is 45.5 Å². The fourth-order valence-corrected chi connectivity index (χ4v) is 8.48. The van der Waals surface area contributed by atoms with Crippen LogP contribution in [0.1, 0.15) is 67.7 Å². The number of para-hydroxylation sites is 3. The molecule has 7 aromatic carbocycles. The molecule has 10 aromatic rings. The van der Waals surface area contributed by atoms with E-state index in [-0.39, 0.29) is 54.4 Å². The number of ether oxygens (including phenoxy) is 1. The van der Waals surface area contributed by atoms with E-state index in [1.807, 2.05) is 82.4 Å². The minimum Gasteiger partial charge on any atom is -0.510 e. The van der Waals surface area contributed by atoms with Crippen molar-refractivity contribution < 1.29 is 53.4 Å². The summed E-state index contributed by atoms with van der Waals surface area (Å²) < 4.78 is 112. The van der Waals surface area contributed by atoms with Gasteiger partial charge in [-0.2, -0.15) is 18.2 Å². The molecular weight excluding hydrogens is 1010 g/mol. The predicted octanol–water partition coefficient (Wildman–Crippen LogP) is 12.5. The van der Waals surface area contributed by atoms with Crippen molar-refractivity contribution in [1.82, 2.24) is 14.1 Å². The second-order valence-corrected chi connectivity index (χ2v) is 18.4. The van der Waals surface area contributed by atoms with Crippen LogP contribution in [0.2, 0.25) is 0 Å². The molecule has 11 rings (SSSR count). The van der Waals surface area contributed by atoms with Gasteiger partial charge in [-0.3, -0.25) is 4.57 Å². The summed E-state index contributed by atoms with van der Waals surface area (Å²) in [5.74, 6) is 1.45. The van der Waals surface area contributed by atoms with Gasteiger partial charge in [0.1, 0.15) is 5.82 Å². The average molecular weight is 1070 g/mol. The van der Waals surface area contributed by atoms with Crippen molar-refractivity contribution >= 4 is 45.4 Å². The number of nitrogens with zero attached hydrogens (tertiary/aromatic N) is 4. The smallest absolute Gasteiger partial charge is 0.494 e. The Balaban J connectivity index is 0.00000672. The second kappa shape index (κ2) is 16.9. The first-order valence-electron chi connectivity index (χ1n) is 26.7. The minimum atomic E-state index is -0.578. The summed E-state index contributed by atoms with van der Waals surface area (Å²) in [5.41, 5.74) is 4.16. The van der Waals surface area contributed by atoms with Crippen molar-refractivity contribution in [3.63, 3.8) is 0 Å². The number of pyridine rings is 1. The SMILES string of the molecule is [2H]c1c([2H])c([2H])c(-c2cccc(-c3c([2H])c([2H])c([2H])c([2H])c3[2H])c2-[n+]2[c-]n(-c3[c-]c(Oc4[c-]c5c(cc4)c4cc(B6OC(C)(C)C(C)(C)O6)ccc4n5-c4cc(C(C)(C)C)ccn4)ccc3)c3ccccc32)c([2H])c1[2H].[Pt]. The number of aromatic nitrogens is 4. The predicted molar refractivity (Wildman–Crippen MR) is 265 cm³/mol. The molecule has 67 heavy (non-hydrogen) atoms. The summed E-state index contributed by atoms with van der Waals surface area (Å²) in [6, 6.07) is 33.2. The zero-order valence-corrected chi connectivity index (χ0v) is 40.1. The third-order valence-electron chi connectivity index (χ3n) is 12.6. The molecule has 0 radical (unpaired) electrons. The Labute approximate surface area is 421 Å². The summed E-state index contributed by atoms with van der Waals surface area (Å²) >= 11 is 0. The fraction of sp³-hybridized carbons (Fsp3) is 0.172. The van der Waals surface area contributed by atoms with E-state index >= 15 is 0 Å². The third kappa shape index (κ3) is 7.91. The van der Waals surface area contributed by atoms with Crippen LogP contribution in [0.15, 0.2) is 170 Å². The van der Waals surface area contributed by atoms with Crippen LogP contribution in [0, 0.1) is 18.5 Å². The molecule has 0 unspecified atom stereocenters. The molecule has 3 aromatic heterocycles. The number of hydrogen-bond acceptors (Lipinski definition) is 4. The van der Waals surface area contributed by atoms with Gasteiger partial charge in [0.05, 0.1) is 41.6 Å². The molecule has 0 aliphatic carbocycles. The molecule has 0 bridgehead atoms. The molecule has 1 fully saturated rings. The molecule has 1 saturated heterocycles. The quantitative estimate of drug-likeness (QED) is 0.0864. The van der Waals surface area contributed by atoms with Crippen molar-refractivity contribution in [3.8, 4) is 50.9 Å². The van der Waals surface area contributed by atoms with Gasteiger partial charge >= 0.3 is 7.12 Å². The Kier molecular flexibility index (Phi) is 8.56. The van der Waals surface area contributed by atoms with Crippen LogP contribution in [0.4, 0.5) is 0 Å². The molecule has 4 heterocycles. The van der Waals surface area contributed by atoms with Crippen LogP contribution in [-0.2, 0) is 35.8 Å². The number of hydrogen-bond donors (Lipinski definition) is 0. The molecule has 0 atom stereocenters. The first-order valence-corrected chi connectivity index (χ1v) is 21.7. The molecule has 1 aliphatic rings. The Hall–Kier alpha value is -6.57. The first kappa shape index (κ1) is 33.8. The molecule has 0 amide bonds. The topological polar surface area (TPSA) is 54.3 Å². The molecule has 7 nitrogen and oxygen atoms in total. The van der Waals surface area contributed by atoms with Crippen LogP contribution in [0.5, 0.6) is 11.5 Å². The largest absolute Gasteiger partial charge is 0.510 e. The van der Waals surface area contributed by atoms with Crippen LogP contribution in [0.25, 0.3) is 72.3 Å². The molecule has 9 heteroatoms. The maximum Gasteiger partial charge on any atom is 0.494 e. The van der Waals surface area contributed by atoms with Crippen molar-refractivity contribution in [1.29, 1.82) is 0 Å². The van der Waals surface area contributed by atoms with E-state index in [4.69, 9.17) is 32.7 Å². The molecule has 334 valence electrons. The second-order valence-electron chi connectivity index (χ2n) is 18.4. The van der Waals surface area contributed by atoms with Crippen LogP contribution < -0.4 is 14.8 Å². The zero-order valence-electron chi connectivity index (χ0n) is 47.8. The maximum absolute atomic E-state index is 9.04. The first-order chi connectivity index (χ1) is 36.0. The summed E-state index contributed by atoms with van der Waals surface area (Å²) in [7, 11) is -0.574. The minimum absolute atomic E-state index is 0. The number of rotatable bonds is 8. The maximum atomic E-state index is 9.04. The van der Waals surface area contributed by atoms with Gasteiger partial charge in [0.25, 0.3) is 6.33 Å². The summed E-state index contributed by atoms with van der Waals surface area (Å²) in [5, 5.41) is 1.86. The van der Waals surface area contributed by atoms with E-state index in [0.29, 0.717) is 34.0 Å². The van der Waals surface area contributed by atoms with Gasteiger partial charge in [0, 0.05) is 44.3 Å². The van der Waals surface area contributed by atoms with Crippen molar-refractivity contribution in [2.45, 2.75) is 65.1 Å². The normalized spacial score (nSPS) is 16.6. The Bertz CT molecular complexity index is 3920. The van der Waals surface area contributed by atoms with Crippen molar-refractivity contribution in [3.05, 3.63) is 194 Å². The van der Waals surface area contributed by atoms with E-state index in [2.05, 4.69) is 62.0 Å². The molecule has 0 N–H and O–H groups in total. The number of imidazole rings is 1. The summed E-state index contributed by atoms with van der Waals surface area (Å²) in [6.45, 7) is 14.6. The van der Waals surface area contributed by atoms with Crippen LogP contribution in [0.3, 0.4) is 0 Å². The van der Waals surface area contributed by atoms with Crippen molar-refractivity contribution in [2.24, 2.45) is 0 Å². The zero-order chi connectivity index (χ0) is 54.1. The van der Waals surface area contributed by atoms with E-state index < -0.39 is 78.7 Å². The van der Waals surface area contributed by atoms with E-state index in [1.165, 1.54) is 0 Å². The molecule has 0 saturated carbocycles. The van der Waals surface area contributed by atoms with Gasteiger partial charge in [-0.15, -0.1) is 29.7 Å². The van der Waals surface area contributed by atoms with Gasteiger partial charge in [0.15, 0.2) is 0 Å². The average Bonchev–Trinajstić information content (AvgIpc) is 4.09. The van der Waals surface area contributed by atoms with E-state index in [0.717, 1.165) is 32.8 Å². The van der Waals surface area contributed by atoms with Crippen LogP contribution in [-0.4, -0.2) is 32.4 Å². The fourth-order valence-electron chi connectivity index (χ4n) is 8.48.